The molecular weight excluding hydrogens is 176 g/mol. The molecular formula is C9H11ClO2. The highest BCUT2D eigenvalue weighted by Crippen LogP contribution is 2.33. The minimum atomic E-state index is -1.05. The van der Waals surface area contributed by atoms with Gasteiger partial charge in [-0.15, -0.1) is 11.6 Å². The van der Waals surface area contributed by atoms with Gasteiger partial charge < -0.3 is 0 Å². The maximum atomic E-state index is 11.5. The smallest absolute Gasteiger partial charge is 0.180 e. The lowest BCUT2D eigenvalue weighted by molar-refractivity contribution is -0.127. The highest BCUT2D eigenvalue weighted by atomic mass is 35.5. The molecule has 1 rings (SSSR count). The standard InChI is InChI=1S/C9H11ClO2/c1-5-4-7(11)6(2)9(3,10)8(5)12/h4,6H,1-3H3. The van der Waals surface area contributed by atoms with Gasteiger partial charge in [0.25, 0.3) is 0 Å². The zero-order valence-electron chi connectivity index (χ0n) is 7.35. The number of halogens is 1. The van der Waals surface area contributed by atoms with Crippen molar-refractivity contribution in [3.05, 3.63) is 11.6 Å². The molecule has 0 heterocycles. The van der Waals surface area contributed by atoms with Gasteiger partial charge >= 0.3 is 0 Å². The predicted molar refractivity (Wildman–Crippen MR) is 47.2 cm³/mol. The molecule has 0 bridgehead atoms. The third-order valence-electron chi connectivity index (χ3n) is 2.40. The predicted octanol–water partition coefficient (Wildman–Crippen LogP) is 1.72. The number of hydrogen-bond donors (Lipinski definition) is 0. The minimum absolute atomic E-state index is 0.0652. The van der Waals surface area contributed by atoms with E-state index >= 15 is 0 Å². The highest BCUT2D eigenvalue weighted by molar-refractivity contribution is 6.40. The Morgan fingerprint density at radius 2 is 2.00 bits per heavy atom. The summed E-state index contributed by atoms with van der Waals surface area (Å²) in [5.74, 6) is -0.628. The van der Waals surface area contributed by atoms with Gasteiger partial charge in [-0.1, -0.05) is 6.92 Å². The molecule has 0 radical (unpaired) electrons. The number of allylic oxidation sites excluding steroid dienone is 2. The Hall–Kier alpha value is -0.630. The van der Waals surface area contributed by atoms with Crippen LogP contribution in [0.1, 0.15) is 20.8 Å². The fraction of sp³-hybridized carbons (Fsp3) is 0.556. The molecule has 0 saturated heterocycles. The molecule has 0 saturated carbocycles. The van der Waals surface area contributed by atoms with Crippen molar-refractivity contribution in [1.82, 2.24) is 0 Å². The fourth-order valence-corrected chi connectivity index (χ4v) is 1.51. The summed E-state index contributed by atoms with van der Waals surface area (Å²) in [4.78, 5) is 21.7. The summed E-state index contributed by atoms with van der Waals surface area (Å²) in [6.45, 7) is 4.89. The maximum absolute atomic E-state index is 11.5. The van der Waals surface area contributed by atoms with Crippen LogP contribution in [-0.2, 0) is 9.59 Å². The molecule has 0 aromatic heterocycles. The molecule has 1 aliphatic carbocycles. The zero-order chi connectivity index (χ0) is 9.52. The van der Waals surface area contributed by atoms with E-state index in [-0.39, 0.29) is 11.6 Å². The van der Waals surface area contributed by atoms with Crippen LogP contribution in [0.4, 0.5) is 0 Å². The Morgan fingerprint density at radius 1 is 1.50 bits per heavy atom. The Balaban J connectivity index is 3.18. The van der Waals surface area contributed by atoms with Crippen molar-refractivity contribution in [2.24, 2.45) is 5.92 Å². The molecule has 0 spiro atoms. The lowest BCUT2D eigenvalue weighted by Gasteiger charge is -2.29. The van der Waals surface area contributed by atoms with Crippen molar-refractivity contribution in [2.75, 3.05) is 0 Å². The van der Waals surface area contributed by atoms with Gasteiger partial charge in [0.2, 0.25) is 0 Å². The van der Waals surface area contributed by atoms with E-state index < -0.39 is 10.8 Å². The number of hydrogen-bond acceptors (Lipinski definition) is 2. The Kier molecular flexibility index (Phi) is 2.13. The molecule has 66 valence electrons. The molecule has 2 atom stereocenters. The van der Waals surface area contributed by atoms with E-state index in [1.54, 1.807) is 20.8 Å². The number of carbonyl (C=O) groups is 2. The van der Waals surface area contributed by atoms with Crippen LogP contribution < -0.4 is 0 Å². The van der Waals surface area contributed by atoms with Crippen molar-refractivity contribution in [3.63, 3.8) is 0 Å². The number of carbonyl (C=O) groups excluding carboxylic acids is 2. The molecule has 0 aromatic rings. The molecule has 0 N–H and O–H groups in total. The van der Waals surface area contributed by atoms with E-state index in [1.165, 1.54) is 6.08 Å². The van der Waals surface area contributed by atoms with Crippen molar-refractivity contribution in [1.29, 1.82) is 0 Å². The second kappa shape index (κ2) is 2.70. The summed E-state index contributed by atoms with van der Waals surface area (Å²) in [7, 11) is 0. The van der Waals surface area contributed by atoms with Gasteiger partial charge in [-0.05, 0) is 25.5 Å². The van der Waals surface area contributed by atoms with Gasteiger partial charge in [-0.3, -0.25) is 9.59 Å². The summed E-state index contributed by atoms with van der Waals surface area (Å²) in [5, 5.41) is 0. The molecule has 12 heavy (non-hydrogen) atoms. The SMILES string of the molecule is CC1=CC(=O)C(C)C(C)(Cl)C1=O. The van der Waals surface area contributed by atoms with Gasteiger partial charge in [-0.2, -0.15) is 0 Å². The normalized spacial score (nSPS) is 36.7. The lowest BCUT2D eigenvalue weighted by atomic mass is 9.80. The van der Waals surface area contributed by atoms with Crippen LogP contribution in [0.2, 0.25) is 0 Å². The molecule has 2 nitrogen and oxygen atoms in total. The molecule has 0 aliphatic heterocycles. The second-order valence-corrected chi connectivity index (χ2v) is 4.14. The van der Waals surface area contributed by atoms with Crippen molar-refractivity contribution < 1.29 is 9.59 Å². The monoisotopic (exact) mass is 186 g/mol. The van der Waals surface area contributed by atoms with Crippen molar-refractivity contribution >= 4 is 23.2 Å². The first-order valence-corrected chi connectivity index (χ1v) is 4.21. The molecule has 0 amide bonds. The molecule has 2 unspecified atom stereocenters. The number of alkyl halides is 1. The van der Waals surface area contributed by atoms with E-state index in [0.29, 0.717) is 5.57 Å². The van der Waals surface area contributed by atoms with Gasteiger partial charge in [0, 0.05) is 5.92 Å². The van der Waals surface area contributed by atoms with Gasteiger partial charge in [-0.25, -0.2) is 0 Å². The minimum Gasteiger partial charge on any atom is -0.294 e. The van der Waals surface area contributed by atoms with E-state index in [1.807, 2.05) is 0 Å². The molecule has 1 aliphatic rings. The van der Waals surface area contributed by atoms with Crippen molar-refractivity contribution in [3.8, 4) is 0 Å². The van der Waals surface area contributed by atoms with E-state index in [4.69, 9.17) is 11.6 Å². The summed E-state index contributed by atoms with van der Waals surface area (Å²) in [6, 6.07) is 0. The average molecular weight is 187 g/mol. The van der Waals surface area contributed by atoms with Gasteiger partial charge in [0.05, 0.1) is 0 Å². The number of rotatable bonds is 0. The average Bonchev–Trinajstić information content (AvgIpc) is 1.99. The first-order valence-electron chi connectivity index (χ1n) is 3.83. The van der Waals surface area contributed by atoms with Crippen LogP contribution in [0.3, 0.4) is 0 Å². The third-order valence-corrected chi connectivity index (χ3v) is 2.90. The first-order chi connectivity index (χ1) is 5.37. The van der Waals surface area contributed by atoms with Gasteiger partial charge in [0.15, 0.2) is 11.6 Å². The summed E-state index contributed by atoms with van der Waals surface area (Å²) < 4.78 is 0. The molecule has 0 fully saturated rings. The van der Waals surface area contributed by atoms with Crippen LogP contribution in [-0.4, -0.2) is 16.4 Å². The van der Waals surface area contributed by atoms with Gasteiger partial charge in [0.1, 0.15) is 4.87 Å². The summed E-state index contributed by atoms with van der Waals surface area (Å²) in [5.41, 5.74) is 0.454. The largest absolute Gasteiger partial charge is 0.294 e. The summed E-state index contributed by atoms with van der Waals surface area (Å²) in [6.07, 6.45) is 1.37. The fourth-order valence-electron chi connectivity index (χ4n) is 1.25. The lowest BCUT2D eigenvalue weighted by Crippen LogP contribution is -2.43. The topological polar surface area (TPSA) is 34.1 Å². The number of Topliss-reactive ketones (excluding diaryl/α,β-unsaturated/α-hetero) is 1. The quantitative estimate of drug-likeness (QED) is 0.540. The van der Waals surface area contributed by atoms with E-state index in [9.17, 15) is 9.59 Å². The van der Waals surface area contributed by atoms with Crippen LogP contribution in [0.5, 0.6) is 0 Å². The Labute approximate surface area is 76.6 Å². The third kappa shape index (κ3) is 1.20. The zero-order valence-corrected chi connectivity index (χ0v) is 8.11. The number of ketones is 2. The second-order valence-electron chi connectivity index (χ2n) is 3.36. The van der Waals surface area contributed by atoms with E-state index in [0.717, 1.165) is 0 Å². The highest BCUT2D eigenvalue weighted by Gasteiger charge is 2.43. The summed E-state index contributed by atoms with van der Waals surface area (Å²) >= 11 is 5.95. The maximum Gasteiger partial charge on any atom is 0.180 e. The van der Waals surface area contributed by atoms with Crippen LogP contribution >= 0.6 is 11.6 Å². The van der Waals surface area contributed by atoms with Crippen LogP contribution in [0.15, 0.2) is 11.6 Å². The van der Waals surface area contributed by atoms with E-state index in [2.05, 4.69) is 0 Å². The van der Waals surface area contributed by atoms with Crippen molar-refractivity contribution in [2.45, 2.75) is 25.6 Å². The van der Waals surface area contributed by atoms with Crippen LogP contribution in [0.25, 0.3) is 0 Å². The Bertz CT molecular complexity index is 276. The molecule has 3 heteroatoms. The molecule has 0 aromatic carbocycles. The first kappa shape index (κ1) is 9.46. The van der Waals surface area contributed by atoms with Crippen LogP contribution in [0, 0.1) is 5.92 Å². The Morgan fingerprint density at radius 3 is 2.50 bits per heavy atom.